The zero-order valence-electron chi connectivity index (χ0n) is 13.9. The van der Waals surface area contributed by atoms with Gasteiger partial charge in [-0.05, 0) is 31.0 Å². The first kappa shape index (κ1) is 18.1. The summed E-state index contributed by atoms with van der Waals surface area (Å²) in [7, 11) is 0. The molecule has 0 fully saturated rings. The van der Waals surface area contributed by atoms with Gasteiger partial charge in [-0.2, -0.15) is 0 Å². The van der Waals surface area contributed by atoms with Crippen LogP contribution in [-0.4, -0.2) is 23.0 Å². The topological polar surface area (TPSA) is 79.5 Å². The van der Waals surface area contributed by atoms with Gasteiger partial charge in [-0.15, -0.1) is 11.8 Å². The average Bonchev–Trinajstić information content (AvgIpc) is 3.01. The van der Waals surface area contributed by atoms with E-state index >= 15 is 0 Å². The van der Waals surface area contributed by atoms with Crippen LogP contribution < -0.4 is 5.32 Å². The highest BCUT2D eigenvalue weighted by Gasteiger charge is 2.18. The van der Waals surface area contributed by atoms with Gasteiger partial charge in [0.15, 0.2) is 0 Å². The number of hydrogen-bond donors (Lipinski definition) is 2. The lowest BCUT2D eigenvalue weighted by Crippen LogP contribution is -2.36. The normalized spacial score (nSPS) is 12.2. The monoisotopic (exact) mass is 347 g/mol. The minimum atomic E-state index is -1.02. The maximum absolute atomic E-state index is 12.5. The first-order valence-corrected chi connectivity index (χ1v) is 8.71. The number of hydrogen-bond acceptors (Lipinski definition) is 4. The number of thioether (sulfide) groups is 1. The first-order chi connectivity index (χ1) is 11.4. The molecule has 0 aliphatic heterocycles. The molecule has 1 unspecified atom stereocenters. The van der Waals surface area contributed by atoms with E-state index in [1.54, 1.807) is 6.07 Å². The molecule has 0 aliphatic rings. The van der Waals surface area contributed by atoms with Gasteiger partial charge in [0, 0.05) is 10.9 Å². The lowest BCUT2D eigenvalue weighted by molar-refractivity contribution is 0.0694. The minimum absolute atomic E-state index is 0.0687. The predicted octanol–water partition coefficient (Wildman–Crippen LogP) is 4.04. The highest BCUT2D eigenvalue weighted by molar-refractivity contribution is 7.98. The van der Waals surface area contributed by atoms with Crippen molar-refractivity contribution in [3.63, 3.8) is 0 Å². The molecule has 0 saturated carbocycles. The molecule has 1 aromatic heterocycles. The molecule has 5 nitrogen and oxygen atoms in total. The number of nitrogens with one attached hydrogen (secondary N) is 1. The third-order valence-electron chi connectivity index (χ3n) is 3.83. The number of carboxylic acids is 1. The van der Waals surface area contributed by atoms with Crippen molar-refractivity contribution in [3.8, 4) is 0 Å². The van der Waals surface area contributed by atoms with Crippen LogP contribution in [0.4, 0.5) is 0 Å². The second-order valence-electron chi connectivity index (χ2n) is 5.85. The van der Waals surface area contributed by atoms with Crippen molar-refractivity contribution >= 4 is 23.6 Å². The summed E-state index contributed by atoms with van der Waals surface area (Å²) in [6.07, 6.45) is 1.36. The van der Waals surface area contributed by atoms with Gasteiger partial charge < -0.3 is 14.8 Å². The van der Waals surface area contributed by atoms with Crippen molar-refractivity contribution < 1.29 is 19.1 Å². The number of carbonyl (C=O) groups excluding carboxylic acids is 1. The fourth-order valence-corrected chi connectivity index (χ4v) is 3.02. The van der Waals surface area contributed by atoms with Crippen molar-refractivity contribution in [3.05, 3.63) is 53.5 Å². The summed E-state index contributed by atoms with van der Waals surface area (Å²) in [5.41, 5.74) is 0.733. The SMILES string of the molecule is CC(C)C(C)NC(=O)c1ccccc1SCc1occc1C(=O)O. The Morgan fingerprint density at radius 3 is 2.54 bits per heavy atom. The lowest BCUT2D eigenvalue weighted by atomic mass is 10.1. The third kappa shape index (κ3) is 4.41. The van der Waals surface area contributed by atoms with Gasteiger partial charge >= 0.3 is 5.97 Å². The second-order valence-corrected chi connectivity index (χ2v) is 6.87. The van der Waals surface area contributed by atoms with Gasteiger partial charge in [0.25, 0.3) is 5.91 Å². The number of rotatable bonds is 7. The van der Waals surface area contributed by atoms with Gasteiger partial charge in [-0.25, -0.2) is 4.79 Å². The van der Waals surface area contributed by atoms with E-state index in [4.69, 9.17) is 9.52 Å². The molecule has 2 aromatic rings. The van der Waals surface area contributed by atoms with Crippen LogP contribution >= 0.6 is 11.8 Å². The molecule has 1 amide bonds. The molecule has 0 radical (unpaired) electrons. The highest BCUT2D eigenvalue weighted by atomic mass is 32.2. The molecule has 1 heterocycles. The third-order valence-corrected chi connectivity index (χ3v) is 4.90. The fourth-order valence-electron chi connectivity index (χ4n) is 2.02. The zero-order valence-corrected chi connectivity index (χ0v) is 14.7. The Morgan fingerprint density at radius 1 is 1.17 bits per heavy atom. The van der Waals surface area contributed by atoms with Crippen LogP contribution in [0.15, 0.2) is 45.9 Å². The Bertz CT molecular complexity index is 723. The van der Waals surface area contributed by atoms with E-state index in [0.717, 1.165) is 4.90 Å². The minimum Gasteiger partial charge on any atom is -0.478 e. The molecule has 0 spiro atoms. The molecule has 0 saturated heterocycles. The molecule has 1 atom stereocenters. The first-order valence-electron chi connectivity index (χ1n) is 7.72. The van der Waals surface area contributed by atoms with Crippen LogP contribution in [-0.2, 0) is 5.75 Å². The molecular weight excluding hydrogens is 326 g/mol. The van der Waals surface area contributed by atoms with E-state index in [1.807, 2.05) is 25.1 Å². The smallest absolute Gasteiger partial charge is 0.339 e. The van der Waals surface area contributed by atoms with Crippen molar-refractivity contribution in [2.24, 2.45) is 5.92 Å². The molecule has 2 N–H and O–H groups in total. The Balaban J connectivity index is 2.12. The van der Waals surface area contributed by atoms with Gasteiger partial charge in [0.2, 0.25) is 0 Å². The van der Waals surface area contributed by atoms with E-state index < -0.39 is 5.97 Å². The summed E-state index contributed by atoms with van der Waals surface area (Å²) in [5.74, 6) is -0.0693. The molecule has 0 bridgehead atoms. The maximum Gasteiger partial charge on any atom is 0.339 e. The van der Waals surface area contributed by atoms with Gasteiger partial charge in [-0.1, -0.05) is 26.0 Å². The van der Waals surface area contributed by atoms with Crippen LogP contribution in [0.5, 0.6) is 0 Å². The van der Waals surface area contributed by atoms with Crippen molar-refractivity contribution in [1.82, 2.24) is 5.32 Å². The largest absolute Gasteiger partial charge is 0.478 e. The van der Waals surface area contributed by atoms with Gasteiger partial charge in [0.1, 0.15) is 11.3 Å². The fraction of sp³-hybridized carbons (Fsp3) is 0.333. The van der Waals surface area contributed by atoms with E-state index in [0.29, 0.717) is 23.0 Å². The summed E-state index contributed by atoms with van der Waals surface area (Å²) >= 11 is 1.38. The molecule has 24 heavy (non-hydrogen) atoms. The predicted molar refractivity (Wildman–Crippen MR) is 93.4 cm³/mol. The van der Waals surface area contributed by atoms with E-state index in [1.165, 1.54) is 24.1 Å². The van der Waals surface area contributed by atoms with Crippen LogP contribution in [0.3, 0.4) is 0 Å². The molecule has 128 valence electrons. The number of furan rings is 1. The summed E-state index contributed by atoms with van der Waals surface area (Å²) in [4.78, 5) is 24.4. The van der Waals surface area contributed by atoms with Crippen LogP contribution in [0.2, 0.25) is 0 Å². The molecular formula is C18H21NO4S. The van der Waals surface area contributed by atoms with E-state index in [-0.39, 0.29) is 17.5 Å². The number of carboxylic acid groups (broad SMARTS) is 1. The Kier molecular flexibility index (Phi) is 6.09. The van der Waals surface area contributed by atoms with Crippen molar-refractivity contribution in [2.75, 3.05) is 0 Å². The van der Waals surface area contributed by atoms with Gasteiger partial charge in [0.05, 0.1) is 17.6 Å². The summed E-state index contributed by atoms with van der Waals surface area (Å²) in [6.45, 7) is 6.08. The van der Waals surface area contributed by atoms with Crippen molar-refractivity contribution in [2.45, 2.75) is 37.5 Å². The summed E-state index contributed by atoms with van der Waals surface area (Å²) in [6, 6.07) is 8.79. The van der Waals surface area contributed by atoms with Crippen LogP contribution in [0.25, 0.3) is 0 Å². The van der Waals surface area contributed by atoms with Crippen LogP contribution in [0.1, 0.15) is 47.2 Å². The lowest BCUT2D eigenvalue weighted by Gasteiger charge is -2.18. The molecule has 2 rings (SSSR count). The quantitative estimate of drug-likeness (QED) is 0.739. The molecule has 6 heteroatoms. The van der Waals surface area contributed by atoms with Gasteiger partial charge in [-0.3, -0.25) is 4.79 Å². The standard InChI is InChI=1S/C18H21NO4S/c1-11(2)12(3)19-17(20)14-6-4-5-7-16(14)24-10-15-13(18(21)22)8-9-23-15/h4-9,11-12H,10H2,1-3H3,(H,19,20)(H,21,22). The Morgan fingerprint density at radius 2 is 1.88 bits per heavy atom. The molecule has 0 aliphatic carbocycles. The zero-order chi connectivity index (χ0) is 17.7. The average molecular weight is 347 g/mol. The van der Waals surface area contributed by atoms with E-state index in [2.05, 4.69) is 19.2 Å². The Hall–Kier alpha value is -2.21. The number of amides is 1. The Labute approximate surface area is 145 Å². The summed E-state index contributed by atoms with van der Waals surface area (Å²) < 4.78 is 5.24. The number of carbonyl (C=O) groups is 2. The maximum atomic E-state index is 12.5. The second kappa shape index (κ2) is 8.06. The van der Waals surface area contributed by atoms with E-state index in [9.17, 15) is 9.59 Å². The number of aromatic carboxylic acids is 1. The highest BCUT2D eigenvalue weighted by Crippen LogP contribution is 2.28. The number of benzene rings is 1. The molecule has 1 aromatic carbocycles. The van der Waals surface area contributed by atoms with Crippen LogP contribution in [0, 0.1) is 5.92 Å². The summed E-state index contributed by atoms with van der Waals surface area (Å²) in [5, 5.41) is 12.1. The van der Waals surface area contributed by atoms with Crippen molar-refractivity contribution in [1.29, 1.82) is 0 Å².